The van der Waals surface area contributed by atoms with Gasteiger partial charge in [-0.15, -0.1) is 0 Å². The molecule has 0 spiro atoms. The summed E-state index contributed by atoms with van der Waals surface area (Å²) in [6.07, 6.45) is 8.40. The molecule has 0 fully saturated rings. The Morgan fingerprint density at radius 3 is 2.81 bits per heavy atom. The van der Waals surface area contributed by atoms with Gasteiger partial charge in [0.25, 0.3) is 0 Å². The average molecular weight is 282 g/mol. The van der Waals surface area contributed by atoms with Crippen molar-refractivity contribution >= 4 is 10.9 Å². The van der Waals surface area contributed by atoms with Crippen molar-refractivity contribution in [3.8, 4) is 5.88 Å². The number of pyridine rings is 2. The molecule has 0 aromatic carbocycles. The number of fused-ring (bicyclic) bond motifs is 2. The molecule has 0 atom stereocenters. The Morgan fingerprint density at radius 1 is 1.14 bits per heavy atom. The first-order valence-corrected chi connectivity index (χ1v) is 6.96. The van der Waals surface area contributed by atoms with E-state index in [9.17, 15) is 0 Å². The molecule has 4 heterocycles. The summed E-state index contributed by atoms with van der Waals surface area (Å²) in [6.45, 7) is 4.88. The van der Waals surface area contributed by atoms with Crippen molar-refractivity contribution < 1.29 is 4.74 Å². The van der Waals surface area contributed by atoms with Gasteiger partial charge >= 0.3 is 0 Å². The molecule has 0 N–H and O–H groups in total. The first kappa shape index (κ1) is 13.5. The van der Waals surface area contributed by atoms with Crippen molar-refractivity contribution in [2.45, 2.75) is 20.3 Å². The van der Waals surface area contributed by atoms with Gasteiger partial charge in [-0.2, -0.15) is 5.10 Å². The van der Waals surface area contributed by atoms with E-state index in [2.05, 4.69) is 21.1 Å². The Hall–Kier alpha value is -2.43. The second-order valence-corrected chi connectivity index (χ2v) is 5.23. The summed E-state index contributed by atoms with van der Waals surface area (Å²) in [7, 11) is 1.92. The minimum atomic E-state index is 0.797. The highest BCUT2D eigenvalue weighted by molar-refractivity contribution is 5.80. The normalized spacial score (nSPS) is 12.5. The van der Waals surface area contributed by atoms with E-state index < -0.39 is 0 Å². The third kappa shape index (κ3) is 2.72. The van der Waals surface area contributed by atoms with Crippen LogP contribution in [0.15, 0.2) is 30.9 Å². The van der Waals surface area contributed by atoms with Crippen LogP contribution in [0.2, 0.25) is 0 Å². The highest BCUT2D eigenvalue weighted by Crippen LogP contribution is 2.22. The van der Waals surface area contributed by atoms with Gasteiger partial charge in [0.2, 0.25) is 5.88 Å². The number of ether oxygens (including phenoxy) is 1. The summed E-state index contributed by atoms with van der Waals surface area (Å²) in [4.78, 5) is 8.22. The molecule has 5 nitrogen and oxygen atoms in total. The lowest BCUT2D eigenvalue weighted by atomic mass is 10.2. The second kappa shape index (κ2) is 5.52. The maximum Gasteiger partial charge on any atom is 0.216 e. The van der Waals surface area contributed by atoms with Gasteiger partial charge in [0.15, 0.2) is 0 Å². The van der Waals surface area contributed by atoms with Gasteiger partial charge in [0, 0.05) is 36.8 Å². The topological polar surface area (TPSA) is 52.8 Å². The predicted octanol–water partition coefficient (Wildman–Crippen LogP) is 2.60. The molecule has 0 amide bonds. The SMILES string of the molecule is Cc1cnc2c(c1)CCO2.Cc1cncc2c1cnn2C. The number of aryl methyl sites for hydroxylation is 3. The molecule has 0 aliphatic carbocycles. The van der Waals surface area contributed by atoms with Crippen molar-refractivity contribution in [3.05, 3.63) is 47.5 Å². The van der Waals surface area contributed by atoms with Crippen LogP contribution >= 0.6 is 0 Å². The summed E-state index contributed by atoms with van der Waals surface area (Å²) in [5, 5.41) is 5.32. The molecule has 21 heavy (non-hydrogen) atoms. The van der Waals surface area contributed by atoms with Crippen LogP contribution in [0.1, 0.15) is 16.7 Å². The zero-order chi connectivity index (χ0) is 14.8. The molecule has 0 bridgehead atoms. The third-order valence-corrected chi connectivity index (χ3v) is 3.55. The van der Waals surface area contributed by atoms with E-state index in [0.717, 1.165) is 24.4 Å². The second-order valence-electron chi connectivity index (χ2n) is 5.23. The molecule has 1 aliphatic heterocycles. The molecule has 0 saturated heterocycles. The predicted molar refractivity (Wildman–Crippen MR) is 81.4 cm³/mol. The van der Waals surface area contributed by atoms with Gasteiger partial charge in [-0.25, -0.2) is 4.98 Å². The van der Waals surface area contributed by atoms with Crippen LogP contribution in [0.5, 0.6) is 5.88 Å². The van der Waals surface area contributed by atoms with Crippen LogP contribution in [0.3, 0.4) is 0 Å². The van der Waals surface area contributed by atoms with E-state index in [-0.39, 0.29) is 0 Å². The molecule has 108 valence electrons. The van der Waals surface area contributed by atoms with Crippen LogP contribution in [-0.2, 0) is 13.5 Å². The van der Waals surface area contributed by atoms with Gasteiger partial charge in [-0.1, -0.05) is 0 Å². The Labute approximate surface area is 123 Å². The molecule has 5 heteroatoms. The van der Waals surface area contributed by atoms with E-state index in [1.807, 2.05) is 50.4 Å². The fourth-order valence-corrected chi connectivity index (χ4v) is 2.38. The van der Waals surface area contributed by atoms with Gasteiger partial charge in [0.05, 0.1) is 24.5 Å². The Morgan fingerprint density at radius 2 is 2.00 bits per heavy atom. The highest BCUT2D eigenvalue weighted by Gasteiger charge is 2.11. The van der Waals surface area contributed by atoms with Crippen molar-refractivity contribution in [3.63, 3.8) is 0 Å². The van der Waals surface area contributed by atoms with Gasteiger partial charge in [-0.05, 0) is 31.0 Å². The van der Waals surface area contributed by atoms with Gasteiger partial charge in [0.1, 0.15) is 0 Å². The zero-order valence-corrected chi connectivity index (χ0v) is 12.5. The van der Waals surface area contributed by atoms with E-state index in [1.165, 1.54) is 22.1 Å². The molecule has 0 radical (unpaired) electrons. The summed E-state index contributed by atoms with van der Waals surface area (Å²) >= 11 is 0. The Bertz CT molecular complexity index is 779. The minimum Gasteiger partial charge on any atom is -0.477 e. The number of rotatable bonds is 0. The first-order valence-electron chi connectivity index (χ1n) is 6.96. The molecule has 3 aromatic heterocycles. The van der Waals surface area contributed by atoms with Crippen LogP contribution < -0.4 is 4.74 Å². The largest absolute Gasteiger partial charge is 0.477 e. The third-order valence-electron chi connectivity index (χ3n) is 3.55. The fraction of sp³-hybridized carbons (Fsp3) is 0.312. The molecule has 3 aromatic rings. The Kier molecular flexibility index (Phi) is 3.56. The molecular formula is C16H18N4O. The number of hydrogen-bond donors (Lipinski definition) is 0. The molecule has 4 rings (SSSR count). The number of hydrogen-bond acceptors (Lipinski definition) is 4. The lowest BCUT2D eigenvalue weighted by Gasteiger charge is -1.96. The van der Waals surface area contributed by atoms with Crippen LogP contribution in [0.25, 0.3) is 10.9 Å². The molecular weight excluding hydrogens is 264 g/mol. The monoisotopic (exact) mass is 282 g/mol. The summed E-state index contributed by atoms with van der Waals surface area (Å²) in [6, 6.07) is 2.13. The summed E-state index contributed by atoms with van der Waals surface area (Å²) < 4.78 is 7.07. The van der Waals surface area contributed by atoms with Crippen LogP contribution in [-0.4, -0.2) is 26.4 Å². The summed E-state index contributed by atoms with van der Waals surface area (Å²) in [5.74, 6) is 0.825. The first-order chi connectivity index (χ1) is 10.1. The van der Waals surface area contributed by atoms with Crippen molar-refractivity contribution in [1.82, 2.24) is 19.7 Å². The lowest BCUT2D eigenvalue weighted by molar-refractivity contribution is 0.345. The summed E-state index contributed by atoms with van der Waals surface area (Å²) in [5.41, 5.74) is 4.73. The highest BCUT2D eigenvalue weighted by atomic mass is 16.5. The standard InChI is InChI=1S/C8H9N3.C8H9NO/c1-6-3-9-5-8-7(6)4-10-11(8)2;1-6-4-7-2-3-10-8(7)9-5-6/h3-5H,1-2H3;4-5H,2-3H2,1H3. The maximum atomic E-state index is 5.24. The fourth-order valence-electron chi connectivity index (χ4n) is 2.38. The van der Waals surface area contributed by atoms with E-state index in [4.69, 9.17) is 4.74 Å². The number of aromatic nitrogens is 4. The minimum absolute atomic E-state index is 0.797. The van der Waals surface area contributed by atoms with Crippen molar-refractivity contribution in [1.29, 1.82) is 0 Å². The molecule has 1 aliphatic rings. The van der Waals surface area contributed by atoms with Gasteiger partial charge in [-0.3, -0.25) is 9.67 Å². The Balaban J connectivity index is 0.000000126. The smallest absolute Gasteiger partial charge is 0.216 e. The van der Waals surface area contributed by atoms with E-state index in [0.29, 0.717) is 0 Å². The number of nitrogens with zero attached hydrogens (tertiary/aromatic N) is 4. The maximum absolute atomic E-state index is 5.24. The quantitative estimate of drug-likeness (QED) is 0.636. The average Bonchev–Trinajstić information content (AvgIpc) is 3.07. The van der Waals surface area contributed by atoms with E-state index >= 15 is 0 Å². The lowest BCUT2D eigenvalue weighted by Crippen LogP contribution is -1.89. The zero-order valence-electron chi connectivity index (χ0n) is 12.5. The van der Waals surface area contributed by atoms with Crippen LogP contribution in [0.4, 0.5) is 0 Å². The van der Waals surface area contributed by atoms with E-state index in [1.54, 1.807) is 0 Å². The van der Waals surface area contributed by atoms with Crippen LogP contribution in [0, 0.1) is 13.8 Å². The molecule has 0 saturated carbocycles. The van der Waals surface area contributed by atoms with Crippen molar-refractivity contribution in [2.24, 2.45) is 7.05 Å². The van der Waals surface area contributed by atoms with Crippen molar-refractivity contribution in [2.75, 3.05) is 6.61 Å². The molecule has 0 unspecified atom stereocenters. The van der Waals surface area contributed by atoms with Gasteiger partial charge < -0.3 is 4.74 Å².